The monoisotopic (exact) mass is 404 g/mol. The zero-order valence-electron chi connectivity index (χ0n) is 18.5. The minimum Gasteiger partial charge on any atom is -0.465 e. The average Bonchev–Trinajstić information content (AvgIpc) is 3.04. The normalized spacial score (nSPS) is 56.8. The number of hydrogen-bond donors (Lipinski definition) is 1. The van der Waals surface area contributed by atoms with Crippen LogP contribution in [0, 0.1) is 45.3 Å². The zero-order chi connectivity index (χ0) is 21.0. The van der Waals surface area contributed by atoms with Crippen LogP contribution >= 0.6 is 0 Å². The van der Waals surface area contributed by atoms with Crippen LogP contribution in [0.5, 0.6) is 0 Å². The summed E-state index contributed by atoms with van der Waals surface area (Å²) in [6, 6.07) is 0. The first-order chi connectivity index (χ1) is 13.4. The van der Waals surface area contributed by atoms with E-state index in [9.17, 15) is 14.7 Å². The SMILES string of the molecule is CC(=O)OC[C@@]1(C)C[C@H](O)C[C@]2(C)[C@@H]1C[C@H](OC(C)=O)[C@@]13C[C@@H]4[C@@H](C[C@@H]21)[C@]4(C)C3. The van der Waals surface area contributed by atoms with E-state index in [2.05, 4.69) is 20.8 Å². The number of rotatable bonds is 3. The second-order valence-corrected chi connectivity index (χ2v) is 12.0. The molecule has 0 radical (unpaired) electrons. The molecule has 10 atom stereocenters. The smallest absolute Gasteiger partial charge is 0.302 e. The molecule has 6 rings (SSSR count). The molecule has 4 bridgehead atoms. The van der Waals surface area contributed by atoms with Crippen LogP contribution < -0.4 is 0 Å². The number of carbonyl (C=O) groups is 2. The first-order valence-corrected chi connectivity index (χ1v) is 11.4. The molecule has 6 aliphatic rings. The third-order valence-corrected chi connectivity index (χ3v) is 10.4. The highest BCUT2D eigenvalue weighted by Gasteiger charge is 2.81. The molecule has 0 amide bonds. The number of aliphatic hydroxyl groups excluding tert-OH is 1. The van der Waals surface area contributed by atoms with Gasteiger partial charge in [0.15, 0.2) is 0 Å². The van der Waals surface area contributed by atoms with Gasteiger partial charge in [-0.25, -0.2) is 0 Å². The lowest BCUT2D eigenvalue weighted by atomic mass is 9.38. The minimum absolute atomic E-state index is 0.0158. The van der Waals surface area contributed by atoms with Gasteiger partial charge in [0.2, 0.25) is 0 Å². The maximum Gasteiger partial charge on any atom is 0.302 e. The molecule has 1 spiro atoms. The molecule has 0 aromatic rings. The van der Waals surface area contributed by atoms with Crippen molar-refractivity contribution in [1.82, 2.24) is 0 Å². The number of aliphatic hydroxyl groups is 1. The van der Waals surface area contributed by atoms with Gasteiger partial charge in [0, 0.05) is 24.7 Å². The van der Waals surface area contributed by atoms with Gasteiger partial charge in [0.05, 0.1) is 12.7 Å². The molecular weight excluding hydrogens is 368 g/mol. The van der Waals surface area contributed by atoms with Crippen molar-refractivity contribution in [2.45, 2.75) is 85.4 Å². The summed E-state index contributed by atoms with van der Waals surface area (Å²) >= 11 is 0. The Morgan fingerprint density at radius 1 is 0.931 bits per heavy atom. The molecule has 0 aromatic heterocycles. The van der Waals surface area contributed by atoms with Crippen LogP contribution in [0.15, 0.2) is 0 Å². The third-order valence-electron chi connectivity index (χ3n) is 10.4. The van der Waals surface area contributed by atoms with Gasteiger partial charge in [0.25, 0.3) is 0 Å². The highest BCUT2D eigenvalue weighted by molar-refractivity contribution is 5.66. The van der Waals surface area contributed by atoms with Crippen molar-refractivity contribution in [3.05, 3.63) is 0 Å². The van der Waals surface area contributed by atoms with Crippen LogP contribution in [0.3, 0.4) is 0 Å². The molecule has 0 heterocycles. The summed E-state index contributed by atoms with van der Waals surface area (Å²) in [4.78, 5) is 23.7. The molecule has 6 fully saturated rings. The van der Waals surface area contributed by atoms with Gasteiger partial charge in [-0.1, -0.05) is 20.8 Å². The molecule has 0 aromatic carbocycles. The van der Waals surface area contributed by atoms with Crippen molar-refractivity contribution < 1.29 is 24.2 Å². The molecular formula is C24H36O5. The molecule has 0 saturated heterocycles. The molecule has 29 heavy (non-hydrogen) atoms. The first kappa shape index (κ1) is 19.8. The summed E-state index contributed by atoms with van der Waals surface area (Å²) in [5, 5.41) is 10.9. The number of ether oxygens (including phenoxy) is 2. The first-order valence-electron chi connectivity index (χ1n) is 11.4. The van der Waals surface area contributed by atoms with Gasteiger partial charge in [0.1, 0.15) is 6.10 Å². The fourth-order valence-corrected chi connectivity index (χ4v) is 9.55. The fraction of sp³-hybridized carbons (Fsp3) is 0.917. The van der Waals surface area contributed by atoms with Crippen molar-refractivity contribution in [1.29, 1.82) is 0 Å². The van der Waals surface area contributed by atoms with Gasteiger partial charge in [-0.15, -0.1) is 0 Å². The van der Waals surface area contributed by atoms with Gasteiger partial charge in [-0.05, 0) is 73.0 Å². The van der Waals surface area contributed by atoms with Crippen molar-refractivity contribution in [3.8, 4) is 0 Å². The summed E-state index contributed by atoms with van der Waals surface area (Å²) in [7, 11) is 0. The van der Waals surface area contributed by atoms with Crippen LogP contribution in [0.25, 0.3) is 0 Å². The number of fused-ring (bicyclic) bond motifs is 1. The topological polar surface area (TPSA) is 72.8 Å². The summed E-state index contributed by atoms with van der Waals surface area (Å²) in [5.74, 6) is 1.85. The maximum absolute atomic E-state index is 12.1. The average molecular weight is 405 g/mol. The predicted molar refractivity (Wildman–Crippen MR) is 107 cm³/mol. The Kier molecular flexibility index (Phi) is 3.95. The summed E-state index contributed by atoms with van der Waals surface area (Å²) in [6.45, 7) is 10.3. The maximum atomic E-state index is 12.1. The Hall–Kier alpha value is -1.10. The van der Waals surface area contributed by atoms with E-state index in [-0.39, 0.29) is 46.3 Å². The standard InChI is InChI=1S/C24H36O5/c1-13(25)28-12-21(3)8-15(27)9-22(4)18(21)7-20(29-14(2)26)24-10-17-16(6-19(22)24)23(17,5)11-24/h15-20,27H,6-12H2,1-5H3/t15-,16+,17+,18+,19-,20-,21+,22+,23-,24+/m0/s1. The molecule has 5 heteroatoms. The molecule has 6 saturated carbocycles. The third kappa shape index (κ3) is 2.49. The quantitative estimate of drug-likeness (QED) is 0.726. The zero-order valence-corrected chi connectivity index (χ0v) is 18.5. The lowest BCUT2D eigenvalue weighted by molar-refractivity contribution is -0.242. The summed E-state index contributed by atoms with van der Waals surface area (Å²) in [6.07, 6.45) is 5.38. The van der Waals surface area contributed by atoms with Gasteiger partial charge < -0.3 is 14.6 Å². The van der Waals surface area contributed by atoms with Crippen molar-refractivity contribution >= 4 is 11.9 Å². The predicted octanol–water partition coefficient (Wildman–Crippen LogP) is 3.72. The van der Waals surface area contributed by atoms with E-state index in [1.807, 2.05) is 0 Å². The molecule has 0 aliphatic heterocycles. The molecule has 1 N–H and O–H groups in total. The van der Waals surface area contributed by atoms with E-state index in [0.717, 1.165) is 31.1 Å². The van der Waals surface area contributed by atoms with Gasteiger partial charge >= 0.3 is 11.9 Å². The van der Waals surface area contributed by atoms with E-state index >= 15 is 0 Å². The van der Waals surface area contributed by atoms with E-state index in [4.69, 9.17) is 9.47 Å². The highest BCUT2D eigenvalue weighted by Crippen LogP contribution is 2.85. The Labute approximate surface area is 173 Å². The van der Waals surface area contributed by atoms with E-state index < -0.39 is 0 Å². The van der Waals surface area contributed by atoms with Crippen LogP contribution in [0.4, 0.5) is 0 Å². The largest absolute Gasteiger partial charge is 0.465 e. The highest BCUT2D eigenvalue weighted by atomic mass is 16.5. The second kappa shape index (κ2) is 5.77. The second-order valence-electron chi connectivity index (χ2n) is 12.0. The van der Waals surface area contributed by atoms with Crippen LogP contribution in [-0.4, -0.2) is 35.9 Å². The number of carbonyl (C=O) groups excluding carboxylic acids is 2. The fourth-order valence-electron chi connectivity index (χ4n) is 9.55. The van der Waals surface area contributed by atoms with Gasteiger partial charge in [-0.3, -0.25) is 9.59 Å². The summed E-state index contributed by atoms with van der Waals surface area (Å²) < 4.78 is 11.6. The Morgan fingerprint density at radius 3 is 2.24 bits per heavy atom. The lowest BCUT2D eigenvalue weighted by Gasteiger charge is -2.67. The lowest BCUT2D eigenvalue weighted by Crippen LogP contribution is -2.65. The molecule has 0 unspecified atom stereocenters. The minimum atomic E-state index is -0.373. The van der Waals surface area contributed by atoms with E-state index in [1.54, 1.807) is 0 Å². The Morgan fingerprint density at radius 2 is 1.66 bits per heavy atom. The van der Waals surface area contributed by atoms with Crippen molar-refractivity contribution in [2.75, 3.05) is 6.61 Å². The van der Waals surface area contributed by atoms with Crippen LogP contribution in [0.1, 0.15) is 73.1 Å². The molecule has 5 nitrogen and oxygen atoms in total. The number of esters is 2. The van der Waals surface area contributed by atoms with Crippen LogP contribution in [0.2, 0.25) is 0 Å². The summed E-state index contributed by atoms with van der Waals surface area (Å²) in [5.41, 5.74) is 0.181. The molecule has 6 aliphatic carbocycles. The van der Waals surface area contributed by atoms with E-state index in [1.165, 1.54) is 26.7 Å². The van der Waals surface area contributed by atoms with E-state index in [0.29, 0.717) is 24.4 Å². The Balaban J connectivity index is 1.55. The van der Waals surface area contributed by atoms with Gasteiger partial charge in [-0.2, -0.15) is 0 Å². The number of hydrogen-bond acceptors (Lipinski definition) is 5. The van der Waals surface area contributed by atoms with Crippen molar-refractivity contribution in [3.63, 3.8) is 0 Å². The van der Waals surface area contributed by atoms with Crippen LogP contribution in [-0.2, 0) is 19.1 Å². The Bertz CT molecular complexity index is 764. The van der Waals surface area contributed by atoms with Crippen molar-refractivity contribution in [2.24, 2.45) is 45.3 Å². The molecule has 162 valence electrons.